The normalized spacial score (nSPS) is 13.3. The van der Waals surface area contributed by atoms with Crippen LogP contribution in [-0.4, -0.2) is 86.3 Å². The van der Waals surface area contributed by atoms with Crippen molar-refractivity contribution in [2.24, 2.45) is 5.92 Å². The van der Waals surface area contributed by atoms with Gasteiger partial charge >= 0.3 is 18.2 Å². The Hall–Kier alpha value is -5.40. The fraction of sp³-hybridized carbons (Fsp3) is 0.378. The van der Waals surface area contributed by atoms with Gasteiger partial charge in [-0.25, -0.2) is 9.59 Å². The first kappa shape index (κ1) is 38.4. The molecule has 0 spiro atoms. The average molecular weight is 711 g/mol. The standard InChI is InChI=1S/C37H41F3N4O7/c1-23(2)17-30(35(48)50-3)43-34(47)31(18-24-11-5-4-6-12-24)44(22-37(38,39)40)33(46)20-41-32(45)19-42-36(49)51-21-29-27-15-9-7-13-25(27)26-14-8-10-16-28(26)29/h4-16,23,29-31H,17-22H2,1-3H3,(H,41,45)(H,42,49)(H,43,47)/t30-,31-/m0/s1. The number of halogens is 3. The maximum absolute atomic E-state index is 13.9. The van der Waals surface area contributed by atoms with Gasteiger partial charge in [0, 0.05) is 12.3 Å². The highest BCUT2D eigenvalue weighted by atomic mass is 19.4. The molecule has 0 fully saturated rings. The molecule has 14 heteroatoms. The number of carbonyl (C=O) groups is 5. The molecule has 1 aliphatic carbocycles. The van der Waals surface area contributed by atoms with Crippen molar-refractivity contribution in [1.82, 2.24) is 20.9 Å². The molecule has 1 aliphatic rings. The molecule has 0 unspecified atom stereocenters. The molecule has 0 radical (unpaired) electrons. The van der Waals surface area contributed by atoms with Crippen molar-refractivity contribution in [3.05, 3.63) is 95.6 Å². The van der Waals surface area contributed by atoms with Crippen molar-refractivity contribution >= 4 is 29.8 Å². The van der Waals surface area contributed by atoms with Gasteiger partial charge in [0.1, 0.15) is 31.8 Å². The Labute approximate surface area is 293 Å². The number of alkyl halides is 3. The Morgan fingerprint density at radius 1 is 0.824 bits per heavy atom. The molecule has 51 heavy (non-hydrogen) atoms. The summed E-state index contributed by atoms with van der Waals surface area (Å²) >= 11 is 0. The smallest absolute Gasteiger partial charge is 0.407 e. The molecule has 4 rings (SSSR count). The lowest BCUT2D eigenvalue weighted by molar-refractivity contribution is -0.168. The van der Waals surface area contributed by atoms with Crippen LogP contribution in [-0.2, 0) is 35.1 Å². The fourth-order valence-electron chi connectivity index (χ4n) is 5.98. The van der Waals surface area contributed by atoms with E-state index in [1.807, 2.05) is 48.5 Å². The number of hydrogen-bond donors (Lipinski definition) is 3. The van der Waals surface area contributed by atoms with Crippen LogP contribution in [0.4, 0.5) is 18.0 Å². The Balaban J connectivity index is 1.39. The van der Waals surface area contributed by atoms with E-state index in [9.17, 15) is 37.1 Å². The Kier molecular flexibility index (Phi) is 13.2. The zero-order valence-corrected chi connectivity index (χ0v) is 28.5. The van der Waals surface area contributed by atoms with Crippen molar-refractivity contribution in [3.63, 3.8) is 0 Å². The predicted octanol–water partition coefficient (Wildman–Crippen LogP) is 4.35. The molecule has 272 valence electrons. The monoisotopic (exact) mass is 710 g/mol. The number of fused-ring (bicyclic) bond motifs is 3. The minimum atomic E-state index is -4.92. The topological polar surface area (TPSA) is 143 Å². The molecule has 11 nitrogen and oxygen atoms in total. The van der Waals surface area contributed by atoms with Crippen LogP contribution < -0.4 is 16.0 Å². The zero-order valence-electron chi connectivity index (χ0n) is 28.5. The van der Waals surface area contributed by atoms with Crippen molar-refractivity contribution < 1.29 is 46.6 Å². The van der Waals surface area contributed by atoms with Crippen LogP contribution in [0.15, 0.2) is 78.9 Å². The van der Waals surface area contributed by atoms with E-state index < -0.39 is 67.7 Å². The third kappa shape index (κ3) is 10.8. The summed E-state index contributed by atoms with van der Waals surface area (Å²) < 4.78 is 51.7. The molecular weight excluding hydrogens is 669 g/mol. The predicted molar refractivity (Wildman–Crippen MR) is 181 cm³/mol. The molecule has 0 aliphatic heterocycles. The van der Waals surface area contributed by atoms with E-state index in [1.54, 1.807) is 44.2 Å². The van der Waals surface area contributed by atoms with Crippen LogP contribution in [0.2, 0.25) is 0 Å². The number of hydrogen-bond acceptors (Lipinski definition) is 7. The van der Waals surface area contributed by atoms with Gasteiger partial charge in [0.15, 0.2) is 0 Å². The molecule has 0 heterocycles. The maximum Gasteiger partial charge on any atom is 0.407 e. The van der Waals surface area contributed by atoms with Gasteiger partial charge in [-0.05, 0) is 40.2 Å². The number of rotatable bonds is 15. The Morgan fingerprint density at radius 3 is 1.98 bits per heavy atom. The van der Waals surface area contributed by atoms with Crippen LogP contribution in [0.1, 0.15) is 42.9 Å². The summed E-state index contributed by atoms with van der Waals surface area (Å²) in [5.41, 5.74) is 4.51. The largest absolute Gasteiger partial charge is 0.467 e. The Bertz CT molecular complexity index is 1660. The summed E-state index contributed by atoms with van der Waals surface area (Å²) in [6, 6.07) is 20.7. The molecule has 3 aromatic carbocycles. The van der Waals surface area contributed by atoms with Crippen molar-refractivity contribution in [3.8, 4) is 11.1 Å². The lowest BCUT2D eigenvalue weighted by Gasteiger charge is -2.33. The molecule has 0 aromatic heterocycles. The summed E-state index contributed by atoms with van der Waals surface area (Å²) in [4.78, 5) is 64.7. The summed E-state index contributed by atoms with van der Waals surface area (Å²) in [7, 11) is 1.12. The molecular formula is C37H41F3N4O7. The lowest BCUT2D eigenvalue weighted by Crippen LogP contribution is -2.58. The van der Waals surface area contributed by atoms with E-state index in [4.69, 9.17) is 9.47 Å². The molecule has 0 bridgehead atoms. The SMILES string of the molecule is COC(=O)[C@H](CC(C)C)NC(=O)[C@H](Cc1ccccc1)N(CC(F)(F)F)C(=O)CNC(=O)CNC(=O)OCC1c2ccccc2-c2ccccc21. The minimum absolute atomic E-state index is 0.00869. The molecule has 3 aromatic rings. The second kappa shape index (κ2) is 17.5. The van der Waals surface area contributed by atoms with Crippen molar-refractivity contribution in [2.75, 3.05) is 33.4 Å². The molecule has 3 N–H and O–H groups in total. The number of nitrogens with zero attached hydrogens (tertiary/aromatic N) is 1. The summed E-state index contributed by atoms with van der Waals surface area (Å²) in [6.07, 6.45) is -6.00. The number of nitrogens with one attached hydrogen (secondary N) is 3. The number of benzene rings is 3. The van der Waals surface area contributed by atoms with Crippen LogP contribution in [0, 0.1) is 5.92 Å². The van der Waals surface area contributed by atoms with E-state index in [1.165, 1.54) is 0 Å². The van der Waals surface area contributed by atoms with Crippen LogP contribution in [0.3, 0.4) is 0 Å². The van der Waals surface area contributed by atoms with E-state index in [0.29, 0.717) is 10.5 Å². The maximum atomic E-state index is 13.9. The third-order valence-electron chi connectivity index (χ3n) is 8.30. The number of carbonyl (C=O) groups excluding carboxylic acids is 5. The number of amides is 4. The number of methoxy groups -OCH3 is 1. The quantitative estimate of drug-likeness (QED) is 0.199. The van der Waals surface area contributed by atoms with Gasteiger partial charge in [-0.2, -0.15) is 13.2 Å². The van der Waals surface area contributed by atoms with Crippen molar-refractivity contribution in [1.29, 1.82) is 0 Å². The lowest BCUT2D eigenvalue weighted by atomic mass is 9.98. The van der Waals surface area contributed by atoms with E-state index in [2.05, 4.69) is 16.0 Å². The highest BCUT2D eigenvalue weighted by Gasteiger charge is 2.40. The average Bonchev–Trinajstić information content (AvgIpc) is 3.42. The van der Waals surface area contributed by atoms with Crippen LogP contribution in [0.25, 0.3) is 11.1 Å². The van der Waals surface area contributed by atoms with Crippen molar-refractivity contribution in [2.45, 2.75) is 50.9 Å². The third-order valence-corrected chi connectivity index (χ3v) is 8.30. The van der Waals surface area contributed by atoms with Gasteiger partial charge in [0.25, 0.3) is 0 Å². The second-order valence-electron chi connectivity index (χ2n) is 12.5. The van der Waals surface area contributed by atoms with Gasteiger partial charge in [0.2, 0.25) is 17.7 Å². The van der Waals surface area contributed by atoms with Crippen LogP contribution in [0.5, 0.6) is 0 Å². The first-order chi connectivity index (χ1) is 24.3. The number of esters is 1. The molecule has 0 saturated heterocycles. The van der Waals surface area contributed by atoms with Gasteiger partial charge in [-0.15, -0.1) is 0 Å². The molecule has 2 atom stereocenters. The molecule has 0 saturated carbocycles. The summed E-state index contributed by atoms with van der Waals surface area (Å²) in [5.74, 6) is -4.20. The minimum Gasteiger partial charge on any atom is -0.467 e. The van der Waals surface area contributed by atoms with E-state index in [-0.39, 0.29) is 31.3 Å². The highest BCUT2D eigenvalue weighted by Crippen LogP contribution is 2.44. The molecule has 4 amide bonds. The van der Waals surface area contributed by atoms with E-state index >= 15 is 0 Å². The number of ether oxygens (including phenoxy) is 2. The first-order valence-corrected chi connectivity index (χ1v) is 16.4. The number of alkyl carbamates (subject to hydrolysis) is 1. The second-order valence-corrected chi connectivity index (χ2v) is 12.5. The summed E-state index contributed by atoms with van der Waals surface area (Å²) in [5, 5.41) is 6.95. The Morgan fingerprint density at radius 2 is 1.41 bits per heavy atom. The van der Waals surface area contributed by atoms with Gasteiger partial charge in [-0.3, -0.25) is 14.4 Å². The van der Waals surface area contributed by atoms with E-state index in [0.717, 1.165) is 29.4 Å². The summed E-state index contributed by atoms with van der Waals surface area (Å²) in [6.45, 7) is 0.213. The van der Waals surface area contributed by atoms with Crippen LogP contribution >= 0.6 is 0 Å². The van der Waals surface area contributed by atoms with Gasteiger partial charge in [-0.1, -0.05) is 92.7 Å². The highest BCUT2D eigenvalue weighted by molar-refractivity contribution is 5.93. The van der Waals surface area contributed by atoms with Gasteiger partial charge < -0.3 is 30.3 Å². The van der Waals surface area contributed by atoms with Gasteiger partial charge in [0.05, 0.1) is 13.7 Å². The first-order valence-electron chi connectivity index (χ1n) is 16.4. The fourth-order valence-corrected chi connectivity index (χ4v) is 5.98. The zero-order chi connectivity index (χ0) is 37.1.